The minimum absolute atomic E-state index is 0.417. The van der Waals surface area contributed by atoms with Gasteiger partial charge in [-0.25, -0.2) is 0 Å². The van der Waals surface area contributed by atoms with Crippen molar-refractivity contribution in [2.75, 3.05) is 13.2 Å². The Morgan fingerprint density at radius 3 is 3.21 bits per heavy atom. The van der Waals surface area contributed by atoms with Gasteiger partial charge in [0.2, 0.25) is 0 Å². The van der Waals surface area contributed by atoms with Crippen LogP contribution in [0.15, 0.2) is 18.2 Å². The lowest BCUT2D eigenvalue weighted by Crippen LogP contribution is -2.14. The second-order valence-corrected chi connectivity index (χ2v) is 3.26. The highest BCUT2D eigenvalue weighted by atomic mass is 16.5. The lowest BCUT2D eigenvalue weighted by Gasteiger charge is -2.23. The first-order valence-electron chi connectivity index (χ1n) is 4.89. The van der Waals surface area contributed by atoms with Crippen molar-refractivity contribution in [3.63, 3.8) is 0 Å². The Bertz CT molecular complexity index is 322. The molecule has 1 aliphatic rings. The van der Waals surface area contributed by atoms with E-state index in [0.717, 1.165) is 11.3 Å². The Kier molecular flexibility index (Phi) is 2.59. The molecule has 0 spiro atoms. The van der Waals surface area contributed by atoms with Crippen LogP contribution in [0, 0.1) is 0 Å². The summed E-state index contributed by atoms with van der Waals surface area (Å²) in [6.07, 6.45) is 0.238. The van der Waals surface area contributed by atoms with Crippen LogP contribution in [0.4, 0.5) is 0 Å². The zero-order valence-electron chi connectivity index (χ0n) is 8.19. The lowest BCUT2D eigenvalue weighted by molar-refractivity contribution is 0.112. The molecule has 0 radical (unpaired) electrons. The third kappa shape index (κ3) is 1.55. The summed E-state index contributed by atoms with van der Waals surface area (Å²) in [4.78, 5) is 0. The van der Waals surface area contributed by atoms with Gasteiger partial charge in [-0.05, 0) is 13.0 Å². The predicted octanol–water partition coefficient (Wildman–Crippen LogP) is 1.90. The molecule has 1 N–H and O–H groups in total. The summed E-state index contributed by atoms with van der Waals surface area (Å²) in [6, 6.07) is 5.61. The molecule has 1 aromatic carbocycles. The molecule has 0 bridgehead atoms. The highest BCUT2D eigenvalue weighted by molar-refractivity contribution is 5.48. The van der Waals surface area contributed by atoms with Gasteiger partial charge in [-0.2, -0.15) is 0 Å². The number of aliphatic hydroxyl groups is 1. The molecule has 76 valence electrons. The quantitative estimate of drug-likeness (QED) is 0.781. The molecule has 1 atom stereocenters. The maximum absolute atomic E-state index is 9.72. The fourth-order valence-corrected chi connectivity index (χ4v) is 1.65. The van der Waals surface area contributed by atoms with E-state index in [9.17, 15) is 5.11 Å². The average molecular weight is 194 g/mol. The van der Waals surface area contributed by atoms with Crippen molar-refractivity contribution in [2.45, 2.75) is 19.4 Å². The van der Waals surface area contributed by atoms with Crippen molar-refractivity contribution in [3.8, 4) is 11.5 Å². The normalized spacial score (nSPS) is 19.7. The molecule has 2 rings (SSSR count). The van der Waals surface area contributed by atoms with Crippen molar-refractivity contribution in [1.82, 2.24) is 0 Å². The van der Waals surface area contributed by atoms with E-state index >= 15 is 0 Å². The summed E-state index contributed by atoms with van der Waals surface area (Å²) in [7, 11) is 0. The first kappa shape index (κ1) is 9.34. The van der Waals surface area contributed by atoms with E-state index in [1.807, 2.05) is 25.1 Å². The molecule has 0 saturated carbocycles. The molecular weight excluding hydrogens is 180 g/mol. The molecule has 0 aromatic heterocycles. The molecule has 0 fully saturated rings. The Morgan fingerprint density at radius 2 is 2.43 bits per heavy atom. The zero-order valence-corrected chi connectivity index (χ0v) is 8.19. The van der Waals surface area contributed by atoms with Crippen molar-refractivity contribution < 1.29 is 14.6 Å². The van der Waals surface area contributed by atoms with Crippen molar-refractivity contribution in [3.05, 3.63) is 23.8 Å². The molecule has 0 saturated heterocycles. The molecule has 1 aromatic rings. The summed E-state index contributed by atoms with van der Waals surface area (Å²) in [5.74, 6) is 1.43. The van der Waals surface area contributed by atoms with Crippen LogP contribution in [0.25, 0.3) is 0 Å². The van der Waals surface area contributed by atoms with Gasteiger partial charge in [0.05, 0.1) is 19.3 Å². The SMILES string of the molecule is CCOc1cccc2c1OCCC2O. The van der Waals surface area contributed by atoms with Crippen molar-refractivity contribution in [1.29, 1.82) is 0 Å². The molecule has 1 aliphatic heterocycles. The Hall–Kier alpha value is -1.22. The van der Waals surface area contributed by atoms with E-state index in [1.165, 1.54) is 0 Å². The molecule has 0 amide bonds. The number of fused-ring (bicyclic) bond motifs is 1. The second-order valence-electron chi connectivity index (χ2n) is 3.26. The summed E-state index contributed by atoms with van der Waals surface area (Å²) in [6.45, 7) is 3.09. The summed E-state index contributed by atoms with van der Waals surface area (Å²) < 4.78 is 10.9. The van der Waals surface area contributed by atoms with Crippen LogP contribution in [0.5, 0.6) is 11.5 Å². The monoisotopic (exact) mass is 194 g/mol. The molecule has 1 heterocycles. The van der Waals surface area contributed by atoms with Crippen molar-refractivity contribution in [2.24, 2.45) is 0 Å². The minimum Gasteiger partial charge on any atom is -0.490 e. The molecule has 0 aliphatic carbocycles. The molecule has 14 heavy (non-hydrogen) atoms. The molecule has 1 unspecified atom stereocenters. The average Bonchev–Trinajstić information content (AvgIpc) is 2.20. The van der Waals surface area contributed by atoms with E-state index in [1.54, 1.807) is 0 Å². The maximum atomic E-state index is 9.72. The van der Waals surface area contributed by atoms with Gasteiger partial charge < -0.3 is 14.6 Å². The van der Waals surface area contributed by atoms with E-state index in [-0.39, 0.29) is 0 Å². The Morgan fingerprint density at radius 1 is 1.57 bits per heavy atom. The fourth-order valence-electron chi connectivity index (χ4n) is 1.65. The number of para-hydroxylation sites is 1. The van der Waals surface area contributed by atoms with E-state index in [2.05, 4.69) is 0 Å². The number of ether oxygens (including phenoxy) is 2. The molecule has 3 heteroatoms. The Labute approximate surface area is 83.3 Å². The van der Waals surface area contributed by atoms with Crippen LogP contribution in [-0.2, 0) is 0 Å². The van der Waals surface area contributed by atoms with Gasteiger partial charge in [-0.3, -0.25) is 0 Å². The van der Waals surface area contributed by atoms with Gasteiger partial charge in [0, 0.05) is 12.0 Å². The van der Waals surface area contributed by atoms with Gasteiger partial charge in [-0.15, -0.1) is 0 Å². The third-order valence-corrected chi connectivity index (χ3v) is 2.31. The van der Waals surface area contributed by atoms with E-state index in [4.69, 9.17) is 9.47 Å². The number of hydrogen-bond donors (Lipinski definition) is 1. The van der Waals surface area contributed by atoms with Crippen LogP contribution >= 0.6 is 0 Å². The fraction of sp³-hybridized carbons (Fsp3) is 0.455. The lowest BCUT2D eigenvalue weighted by atomic mass is 10.0. The van der Waals surface area contributed by atoms with Gasteiger partial charge in [0.15, 0.2) is 11.5 Å². The smallest absolute Gasteiger partial charge is 0.166 e. The van der Waals surface area contributed by atoms with Gasteiger partial charge in [0.25, 0.3) is 0 Å². The highest BCUT2D eigenvalue weighted by Gasteiger charge is 2.22. The second kappa shape index (κ2) is 3.88. The first-order valence-corrected chi connectivity index (χ1v) is 4.89. The maximum Gasteiger partial charge on any atom is 0.166 e. The van der Waals surface area contributed by atoms with Crippen LogP contribution in [-0.4, -0.2) is 18.3 Å². The van der Waals surface area contributed by atoms with Gasteiger partial charge >= 0.3 is 0 Å². The topological polar surface area (TPSA) is 38.7 Å². The number of benzene rings is 1. The van der Waals surface area contributed by atoms with Crippen LogP contribution < -0.4 is 9.47 Å². The van der Waals surface area contributed by atoms with Crippen LogP contribution in [0.3, 0.4) is 0 Å². The van der Waals surface area contributed by atoms with E-state index < -0.39 is 6.10 Å². The number of rotatable bonds is 2. The predicted molar refractivity (Wildman–Crippen MR) is 52.7 cm³/mol. The summed E-state index contributed by atoms with van der Waals surface area (Å²) in [5.41, 5.74) is 0.835. The van der Waals surface area contributed by atoms with Gasteiger partial charge in [0.1, 0.15) is 0 Å². The minimum atomic E-state index is -0.417. The highest BCUT2D eigenvalue weighted by Crippen LogP contribution is 2.39. The van der Waals surface area contributed by atoms with Crippen LogP contribution in [0.2, 0.25) is 0 Å². The zero-order chi connectivity index (χ0) is 9.97. The molecule has 3 nitrogen and oxygen atoms in total. The van der Waals surface area contributed by atoms with E-state index in [0.29, 0.717) is 25.4 Å². The Balaban J connectivity index is 2.39. The first-order chi connectivity index (χ1) is 6.83. The third-order valence-electron chi connectivity index (χ3n) is 2.31. The largest absolute Gasteiger partial charge is 0.490 e. The summed E-state index contributed by atoms with van der Waals surface area (Å²) in [5, 5.41) is 9.72. The van der Waals surface area contributed by atoms with Crippen molar-refractivity contribution >= 4 is 0 Å². The standard InChI is InChI=1S/C11H14O3/c1-2-13-10-5-3-4-8-9(12)6-7-14-11(8)10/h3-5,9,12H,2,6-7H2,1H3. The molecular formula is C11H14O3. The number of hydrogen-bond acceptors (Lipinski definition) is 3. The number of aliphatic hydroxyl groups excluding tert-OH is 1. The van der Waals surface area contributed by atoms with Gasteiger partial charge in [-0.1, -0.05) is 12.1 Å². The summed E-state index contributed by atoms with van der Waals surface area (Å²) >= 11 is 0. The van der Waals surface area contributed by atoms with Crippen LogP contribution in [0.1, 0.15) is 25.0 Å².